The van der Waals surface area contributed by atoms with E-state index in [0.29, 0.717) is 12.4 Å². The van der Waals surface area contributed by atoms with Crippen LogP contribution in [0.2, 0.25) is 0 Å². The van der Waals surface area contributed by atoms with E-state index in [9.17, 15) is 14.7 Å². The number of nitrogens with zero attached hydrogens (tertiary/aromatic N) is 3. The molecule has 0 aromatic carbocycles. The van der Waals surface area contributed by atoms with Gasteiger partial charge in [-0.3, -0.25) is 9.59 Å². The molecular weight excluding hydrogens is 246 g/mol. The van der Waals surface area contributed by atoms with Crippen molar-refractivity contribution < 1.29 is 14.7 Å². The Morgan fingerprint density at radius 1 is 1.47 bits per heavy atom. The van der Waals surface area contributed by atoms with E-state index in [-0.39, 0.29) is 0 Å². The lowest BCUT2D eigenvalue weighted by Gasteiger charge is -2.29. The summed E-state index contributed by atoms with van der Waals surface area (Å²) in [6.07, 6.45) is 3.43. The van der Waals surface area contributed by atoms with Gasteiger partial charge in [0.25, 0.3) is 0 Å². The summed E-state index contributed by atoms with van der Waals surface area (Å²) >= 11 is 0. The average Bonchev–Trinajstić information content (AvgIpc) is 2.61. The van der Waals surface area contributed by atoms with Crippen LogP contribution in [0.5, 0.6) is 0 Å². The number of amides is 1. The Balaban J connectivity index is 2.86. The molecule has 0 saturated carbocycles. The van der Waals surface area contributed by atoms with E-state index >= 15 is 0 Å². The number of carboxylic acids is 1. The highest BCUT2D eigenvalue weighted by atomic mass is 16.4. The first-order valence-corrected chi connectivity index (χ1v) is 6.08. The summed E-state index contributed by atoms with van der Waals surface area (Å²) in [6, 6.07) is 0. The summed E-state index contributed by atoms with van der Waals surface area (Å²) < 4.78 is 1.80. The molecule has 0 radical (unpaired) electrons. The van der Waals surface area contributed by atoms with Gasteiger partial charge in [0, 0.05) is 26.5 Å². The second-order valence-corrected chi connectivity index (χ2v) is 5.79. The molecule has 1 aromatic rings. The quantitative estimate of drug-likeness (QED) is 0.830. The van der Waals surface area contributed by atoms with Crippen LogP contribution in [-0.4, -0.2) is 38.5 Å². The van der Waals surface area contributed by atoms with Gasteiger partial charge in [0.15, 0.2) is 0 Å². The molecule has 6 heteroatoms. The molecule has 1 atom stereocenters. The number of carboxylic acid groups (broad SMARTS) is 1. The summed E-state index contributed by atoms with van der Waals surface area (Å²) in [4.78, 5) is 29.1. The van der Waals surface area contributed by atoms with Crippen molar-refractivity contribution in [3.05, 3.63) is 18.2 Å². The molecule has 0 aliphatic rings. The van der Waals surface area contributed by atoms with Crippen molar-refractivity contribution in [1.82, 2.24) is 14.5 Å². The smallest absolute Gasteiger partial charge is 0.316 e. The van der Waals surface area contributed by atoms with Gasteiger partial charge in [-0.2, -0.15) is 0 Å². The summed E-state index contributed by atoms with van der Waals surface area (Å²) in [7, 11) is 3.43. The molecule has 0 saturated heterocycles. The van der Waals surface area contributed by atoms with E-state index in [1.54, 1.807) is 44.8 Å². The summed E-state index contributed by atoms with van der Waals surface area (Å²) in [6.45, 7) is 5.54. The van der Waals surface area contributed by atoms with Gasteiger partial charge in [-0.15, -0.1) is 0 Å². The van der Waals surface area contributed by atoms with E-state index < -0.39 is 23.2 Å². The number of imidazole rings is 1. The second-order valence-electron chi connectivity index (χ2n) is 5.79. The number of rotatable bonds is 4. The number of carbonyl (C=O) groups excluding carboxylic acids is 1. The van der Waals surface area contributed by atoms with Crippen molar-refractivity contribution in [1.29, 1.82) is 0 Å². The molecule has 0 aliphatic heterocycles. The number of carbonyl (C=O) groups is 2. The zero-order chi connectivity index (χ0) is 14.8. The summed E-state index contributed by atoms with van der Waals surface area (Å²) in [5, 5.41) is 9.24. The third kappa shape index (κ3) is 3.56. The lowest BCUT2D eigenvalue weighted by molar-refractivity contribution is -0.155. The first-order chi connectivity index (χ1) is 8.64. The normalized spacial score (nSPS) is 13.1. The van der Waals surface area contributed by atoms with E-state index in [1.807, 2.05) is 7.05 Å². The first-order valence-electron chi connectivity index (χ1n) is 6.08. The van der Waals surface area contributed by atoms with Crippen molar-refractivity contribution in [3.63, 3.8) is 0 Å². The summed E-state index contributed by atoms with van der Waals surface area (Å²) in [5.41, 5.74) is -0.626. The molecule has 0 spiro atoms. The Labute approximate surface area is 113 Å². The Bertz CT molecular complexity index is 474. The van der Waals surface area contributed by atoms with Crippen molar-refractivity contribution in [2.24, 2.45) is 18.4 Å². The maximum atomic E-state index is 12.3. The Hall–Kier alpha value is -1.85. The standard InChI is InChI=1S/C13H21N3O3/c1-13(2,3)10(12(18)19)11(17)16(5)8-9-14-6-7-15(9)4/h6-7,10H,8H2,1-5H3,(H,18,19). The molecule has 1 unspecified atom stereocenters. The Morgan fingerprint density at radius 2 is 2.05 bits per heavy atom. The number of hydrogen-bond donors (Lipinski definition) is 1. The Kier molecular flexibility index (Phi) is 4.34. The van der Waals surface area contributed by atoms with Gasteiger partial charge in [-0.1, -0.05) is 20.8 Å². The molecule has 1 aromatic heterocycles. The number of hydrogen-bond acceptors (Lipinski definition) is 3. The van der Waals surface area contributed by atoms with Crippen LogP contribution in [0.15, 0.2) is 12.4 Å². The van der Waals surface area contributed by atoms with Gasteiger partial charge in [0.05, 0.1) is 6.54 Å². The molecule has 0 fully saturated rings. The SMILES string of the molecule is CN(Cc1nccn1C)C(=O)C(C(=O)O)C(C)(C)C. The largest absolute Gasteiger partial charge is 0.481 e. The van der Waals surface area contributed by atoms with Gasteiger partial charge in [0.2, 0.25) is 5.91 Å². The molecule has 1 rings (SSSR count). The molecule has 0 bridgehead atoms. The first kappa shape index (κ1) is 15.2. The fourth-order valence-electron chi connectivity index (χ4n) is 1.91. The Morgan fingerprint density at radius 3 is 2.42 bits per heavy atom. The van der Waals surface area contributed by atoms with E-state index in [0.717, 1.165) is 0 Å². The lowest BCUT2D eigenvalue weighted by Crippen LogP contribution is -2.43. The zero-order valence-corrected chi connectivity index (χ0v) is 12.0. The molecule has 1 amide bonds. The predicted molar refractivity (Wildman–Crippen MR) is 70.3 cm³/mol. The molecule has 0 aliphatic carbocycles. The molecule has 19 heavy (non-hydrogen) atoms. The van der Waals surface area contributed by atoms with Crippen LogP contribution >= 0.6 is 0 Å². The maximum absolute atomic E-state index is 12.3. The molecule has 1 N–H and O–H groups in total. The highest BCUT2D eigenvalue weighted by Crippen LogP contribution is 2.28. The maximum Gasteiger partial charge on any atom is 0.316 e. The van der Waals surface area contributed by atoms with E-state index in [4.69, 9.17) is 0 Å². The number of aromatic nitrogens is 2. The minimum absolute atomic E-state index is 0.294. The fourth-order valence-corrected chi connectivity index (χ4v) is 1.91. The number of aryl methyl sites for hydroxylation is 1. The topological polar surface area (TPSA) is 75.4 Å². The van der Waals surface area contributed by atoms with Crippen molar-refractivity contribution >= 4 is 11.9 Å². The third-order valence-corrected chi connectivity index (χ3v) is 3.04. The van der Waals surface area contributed by atoms with Crippen LogP contribution in [-0.2, 0) is 23.2 Å². The monoisotopic (exact) mass is 267 g/mol. The van der Waals surface area contributed by atoms with Crippen molar-refractivity contribution in [2.45, 2.75) is 27.3 Å². The van der Waals surface area contributed by atoms with Crippen LogP contribution in [0.1, 0.15) is 26.6 Å². The zero-order valence-electron chi connectivity index (χ0n) is 12.0. The van der Waals surface area contributed by atoms with Crippen molar-refractivity contribution in [3.8, 4) is 0 Å². The molecule has 1 heterocycles. The number of aliphatic carboxylic acids is 1. The molecular formula is C13H21N3O3. The van der Waals surface area contributed by atoms with Gasteiger partial charge in [0.1, 0.15) is 11.7 Å². The summed E-state index contributed by atoms with van der Waals surface area (Å²) in [5.74, 6) is -1.83. The van der Waals surface area contributed by atoms with Gasteiger partial charge >= 0.3 is 5.97 Å². The highest BCUT2D eigenvalue weighted by Gasteiger charge is 2.39. The lowest BCUT2D eigenvalue weighted by atomic mass is 9.80. The van der Waals surface area contributed by atoms with Crippen LogP contribution in [0, 0.1) is 11.3 Å². The van der Waals surface area contributed by atoms with Gasteiger partial charge in [-0.05, 0) is 5.41 Å². The highest BCUT2D eigenvalue weighted by molar-refractivity contribution is 5.97. The van der Waals surface area contributed by atoms with E-state index in [1.165, 1.54) is 4.90 Å². The van der Waals surface area contributed by atoms with Crippen LogP contribution < -0.4 is 0 Å². The van der Waals surface area contributed by atoms with Crippen LogP contribution in [0.3, 0.4) is 0 Å². The van der Waals surface area contributed by atoms with Crippen LogP contribution in [0.4, 0.5) is 0 Å². The third-order valence-electron chi connectivity index (χ3n) is 3.04. The minimum Gasteiger partial charge on any atom is -0.481 e. The minimum atomic E-state index is -1.09. The fraction of sp³-hybridized carbons (Fsp3) is 0.615. The molecule has 106 valence electrons. The van der Waals surface area contributed by atoms with Crippen molar-refractivity contribution in [2.75, 3.05) is 7.05 Å². The van der Waals surface area contributed by atoms with Gasteiger partial charge in [-0.25, -0.2) is 4.98 Å². The van der Waals surface area contributed by atoms with Gasteiger partial charge < -0.3 is 14.6 Å². The second kappa shape index (κ2) is 5.42. The molecule has 6 nitrogen and oxygen atoms in total. The predicted octanol–water partition coefficient (Wildman–Crippen LogP) is 1.13. The average molecular weight is 267 g/mol. The van der Waals surface area contributed by atoms with E-state index in [2.05, 4.69) is 4.98 Å². The van der Waals surface area contributed by atoms with Crippen LogP contribution in [0.25, 0.3) is 0 Å².